The summed E-state index contributed by atoms with van der Waals surface area (Å²) in [6, 6.07) is 0. The second-order valence-corrected chi connectivity index (χ2v) is 3.70. The minimum atomic E-state index is -0.998. The van der Waals surface area contributed by atoms with Gasteiger partial charge >= 0.3 is 5.97 Å². The van der Waals surface area contributed by atoms with E-state index in [1.807, 2.05) is 6.92 Å². The molecule has 0 spiro atoms. The SMILES string of the molecule is CCOC1(O)CCC(=CC(=O)OC)CC1. The summed E-state index contributed by atoms with van der Waals surface area (Å²) >= 11 is 0. The minimum Gasteiger partial charge on any atom is -0.466 e. The molecule has 0 radical (unpaired) electrons. The fourth-order valence-corrected chi connectivity index (χ4v) is 1.74. The maximum Gasteiger partial charge on any atom is 0.330 e. The molecule has 0 aromatic rings. The zero-order chi connectivity index (χ0) is 11.3. The van der Waals surface area contributed by atoms with E-state index in [2.05, 4.69) is 4.74 Å². The Morgan fingerprint density at radius 2 is 2.13 bits per heavy atom. The lowest BCUT2D eigenvalue weighted by atomic mass is 9.89. The van der Waals surface area contributed by atoms with Crippen LogP contribution in [0.5, 0.6) is 0 Å². The number of allylic oxidation sites excluding steroid dienone is 1. The van der Waals surface area contributed by atoms with E-state index < -0.39 is 5.79 Å². The van der Waals surface area contributed by atoms with Gasteiger partial charge in [0.25, 0.3) is 0 Å². The van der Waals surface area contributed by atoms with Crippen LogP contribution in [0.4, 0.5) is 0 Å². The second kappa shape index (κ2) is 5.28. The third-order valence-electron chi connectivity index (χ3n) is 2.61. The average Bonchev–Trinajstić information content (AvgIpc) is 2.22. The van der Waals surface area contributed by atoms with Crippen LogP contribution in [0.15, 0.2) is 11.6 Å². The van der Waals surface area contributed by atoms with Gasteiger partial charge in [0.2, 0.25) is 0 Å². The van der Waals surface area contributed by atoms with Crippen LogP contribution in [0.2, 0.25) is 0 Å². The van der Waals surface area contributed by atoms with Gasteiger partial charge in [0, 0.05) is 25.5 Å². The number of hydrogen-bond acceptors (Lipinski definition) is 4. The van der Waals surface area contributed by atoms with Gasteiger partial charge in [0.15, 0.2) is 5.79 Å². The Balaban J connectivity index is 2.48. The van der Waals surface area contributed by atoms with Crippen LogP contribution in [-0.2, 0) is 14.3 Å². The molecular formula is C11H18O4. The fourth-order valence-electron chi connectivity index (χ4n) is 1.74. The van der Waals surface area contributed by atoms with Gasteiger partial charge in [0.05, 0.1) is 7.11 Å². The van der Waals surface area contributed by atoms with Gasteiger partial charge in [0.1, 0.15) is 0 Å². The first-order valence-corrected chi connectivity index (χ1v) is 5.23. The van der Waals surface area contributed by atoms with Crippen LogP contribution in [0.3, 0.4) is 0 Å². The lowest BCUT2D eigenvalue weighted by Crippen LogP contribution is -2.35. The maximum atomic E-state index is 11.0. The molecule has 0 atom stereocenters. The summed E-state index contributed by atoms with van der Waals surface area (Å²) in [6.45, 7) is 2.37. The third kappa shape index (κ3) is 3.64. The Morgan fingerprint density at radius 3 is 2.60 bits per heavy atom. The summed E-state index contributed by atoms with van der Waals surface area (Å²) in [5.74, 6) is -1.32. The van der Waals surface area contributed by atoms with E-state index in [0.29, 0.717) is 32.3 Å². The molecular weight excluding hydrogens is 196 g/mol. The Bertz CT molecular complexity index is 247. The molecule has 0 amide bonds. The van der Waals surface area contributed by atoms with Gasteiger partial charge < -0.3 is 14.6 Å². The molecule has 1 aliphatic rings. The first-order chi connectivity index (χ1) is 7.09. The van der Waals surface area contributed by atoms with E-state index in [0.717, 1.165) is 5.57 Å². The molecule has 0 unspecified atom stereocenters. The number of methoxy groups -OCH3 is 1. The van der Waals surface area contributed by atoms with Gasteiger partial charge in [-0.2, -0.15) is 0 Å². The van der Waals surface area contributed by atoms with Crippen LogP contribution >= 0.6 is 0 Å². The zero-order valence-electron chi connectivity index (χ0n) is 9.28. The predicted octanol–water partition coefficient (Wildman–Crippen LogP) is 1.38. The van der Waals surface area contributed by atoms with E-state index in [-0.39, 0.29) is 5.97 Å². The number of ether oxygens (including phenoxy) is 2. The monoisotopic (exact) mass is 214 g/mol. The first kappa shape index (κ1) is 12.2. The van der Waals surface area contributed by atoms with E-state index in [9.17, 15) is 9.90 Å². The van der Waals surface area contributed by atoms with Crippen molar-refractivity contribution in [3.05, 3.63) is 11.6 Å². The van der Waals surface area contributed by atoms with Crippen LogP contribution in [-0.4, -0.2) is 30.6 Å². The lowest BCUT2D eigenvalue weighted by Gasteiger charge is -2.32. The lowest BCUT2D eigenvalue weighted by molar-refractivity contribution is -0.213. The van der Waals surface area contributed by atoms with Crippen LogP contribution in [0, 0.1) is 0 Å². The molecule has 0 heterocycles. The summed E-state index contributed by atoms with van der Waals surface area (Å²) in [5, 5.41) is 9.91. The second-order valence-electron chi connectivity index (χ2n) is 3.70. The Hall–Kier alpha value is -0.870. The van der Waals surface area contributed by atoms with Crippen LogP contribution < -0.4 is 0 Å². The van der Waals surface area contributed by atoms with E-state index in [4.69, 9.17) is 4.74 Å². The van der Waals surface area contributed by atoms with Crippen molar-refractivity contribution in [3.63, 3.8) is 0 Å². The van der Waals surface area contributed by atoms with Crippen molar-refractivity contribution < 1.29 is 19.4 Å². The van der Waals surface area contributed by atoms with E-state index in [1.165, 1.54) is 13.2 Å². The molecule has 0 aromatic carbocycles. The molecule has 1 N–H and O–H groups in total. The minimum absolute atomic E-state index is 0.327. The van der Waals surface area contributed by atoms with Gasteiger partial charge in [-0.05, 0) is 19.8 Å². The van der Waals surface area contributed by atoms with Crippen molar-refractivity contribution in [1.29, 1.82) is 0 Å². The molecule has 4 heteroatoms. The van der Waals surface area contributed by atoms with Crippen molar-refractivity contribution in [3.8, 4) is 0 Å². The molecule has 15 heavy (non-hydrogen) atoms. The Labute approximate surface area is 89.9 Å². The normalized spacial score (nSPS) is 26.2. The third-order valence-corrected chi connectivity index (χ3v) is 2.61. The molecule has 4 nitrogen and oxygen atoms in total. The fraction of sp³-hybridized carbons (Fsp3) is 0.727. The Kier molecular flexibility index (Phi) is 4.29. The van der Waals surface area contributed by atoms with Gasteiger partial charge in [-0.1, -0.05) is 5.57 Å². The predicted molar refractivity (Wildman–Crippen MR) is 55.1 cm³/mol. The topological polar surface area (TPSA) is 55.8 Å². The van der Waals surface area contributed by atoms with Gasteiger partial charge in [-0.15, -0.1) is 0 Å². The van der Waals surface area contributed by atoms with E-state index >= 15 is 0 Å². The van der Waals surface area contributed by atoms with Crippen molar-refractivity contribution >= 4 is 5.97 Å². The Morgan fingerprint density at radius 1 is 1.53 bits per heavy atom. The molecule has 0 aliphatic heterocycles. The van der Waals surface area contributed by atoms with Crippen molar-refractivity contribution in [2.45, 2.75) is 38.4 Å². The van der Waals surface area contributed by atoms with Crippen molar-refractivity contribution in [2.75, 3.05) is 13.7 Å². The smallest absolute Gasteiger partial charge is 0.330 e. The molecule has 0 saturated heterocycles. The molecule has 1 aliphatic carbocycles. The van der Waals surface area contributed by atoms with E-state index in [1.54, 1.807) is 0 Å². The zero-order valence-corrected chi connectivity index (χ0v) is 9.28. The number of esters is 1. The standard InChI is InChI=1S/C11H18O4/c1-3-15-11(13)6-4-9(5-7-11)8-10(12)14-2/h8,13H,3-7H2,1-2H3. The summed E-state index contributed by atoms with van der Waals surface area (Å²) in [7, 11) is 1.36. The number of rotatable bonds is 3. The molecule has 0 aromatic heterocycles. The summed E-state index contributed by atoms with van der Waals surface area (Å²) in [5.41, 5.74) is 1.02. The average molecular weight is 214 g/mol. The molecule has 1 saturated carbocycles. The van der Waals surface area contributed by atoms with Gasteiger partial charge in [-0.25, -0.2) is 4.79 Å². The molecule has 1 fully saturated rings. The van der Waals surface area contributed by atoms with Crippen molar-refractivity contribution in [1.82, 2.24) is 0 Å². The summed E-state index contributed by atoms with van der Waals surface area (Å²) in [4.78, 5) is 11.0. The molecule has 0 bridgehead atoms. The molecule has 1 rings (SSSR count). The highest BCUT2D eigenvalue weighted by molar-refractivity contribution is 5.82. The quantitative estimate of drug-likeness (QED) is 0.438. The first-order valence-electron chi connectivity index (χ1n) is 5.23. The largest absolute Gasteiger partial charge is 0.466 e. The summed E-state index contributed by atoms with van der Waals surface area (Å²) in [6.07, 6.45) is 3.97. The van der Waals surface area contributed by atoms with Crippen LogP contribution in [0.1, 0.15) is 32.6 Å². The number of aliphatic hydroxyl groups is 1. The summed E-state index contributed by atoms with van der Waals surface area (Å²) < 4.78 is 9.81. The van der Waals surface area contributed by atoms with Crippen molar-refractivity contribution in [2.24, 2.45) is 0 Å². The number of hydrogen-bond donors (Lipinski definition) is 1. The van der Waals surface area contributed by atoms with Gasteiger partial charge in [-0.3, -0.25) is 0 Å². The molecule has 86 valence electrons. The highest BCUT2D eigenvalue weighted by Crippen LogP contribution is 2.32. The maximum absolute atomic E-state index is 11.0. The number of carbonyl (C=O) groups excluding carboxylic acids is 1. The highest BCUT2D eigenvalue weighted by atomic mass is 16.6. The number of carbonyl (C=O) groups is 1. The van der Waals surface area contributed by atoms with Crippen LogP contribution in [0.25, 0.3) is 0 Å². The highest BCUT2D eigenvalue weighted by Gasteiger charge is 2.31.